The lowest BCUT2D eigenvalue weighted by atomic mass is 10.2. The van der Waals surface area contributed by atoms with E-state index < -0.39 is 28.5 Å². The molecular formula is C10H11F2NOS. The lowest BCUT2D eigenvalue weighted by Crippen LogP contribution is -2.22. The molecule has 0 saturated carbocycles. The van der Waals surface area contributed by atoms with E-state index in [4.69, 9.17) is 0 Å². The molecule has 15 heavy (non-hydrogen) atoms. The first-order valence-corrected chi connectivity index (χ1v) is 4.88. The fraction of sp³-hybridized carbons (Fsp3) is 0.300. The highest BCUT2D eigenvalue weighted by Gasteiger charge is 2.16. The minimum Gasteiger partial charge on any atom is -0.320 e. The zero-order chi connectivity index (χ0) is 11.6. The van der Waals surface area contributed by atoms with Gasteiger partial charge in [0.1, 0.15) is 11.5 Å². The molecule has 0 aliphatic carbocycles. The quantitative estimate of drug-likeness (QED) is 0.752. The lowest BCUT2D eigenvalue weighted by Gasteiger charge is -2.10. The SMILES string of the molecule is Cc1ccc(F)c(NC(=O)C(C)S)c1F. The minimum absolute atomic E-state index is 0.276. The molecule has 0 aromatic heterocycles. The van der Waals surface area contributed by atoms with E-state index in [1.54, 1.807) is 0 Å². The predicted molar refractivity (Wildman–Crippen MR) is 58.2 cm³/mol. The molecular weight excluding hydrogens is 220 g/mol. The molecule has 0 aliphatic heterocycles. The minimum atomic E-state index is -0.791. The number of thiol groups is 1. The average Bonchev–Trinajstić information content (AvgIpc) is 2.18. The largest absolute Gasteiger partial charge is 0.320 e. The van der Waals surface area contributed by atoms with Gasteiger partial charge in [0.2, 0.25) is 5.91 Å². The summed E-state index contributed by atoms with van der Waals surface area (Å²) in [6.45, 7) is 3.01. The Morgan fingerprint density at radius 1 is 1.47 bits per heavy atom. The Morgan fingerprint density at radius 3 is 2.60 bits per heavy atom. The molecule has 1 rings (SSSR count). The highest BCUT2D eigenvalue weighted by atomic mass is 32.1. The molecule has 1 atom stereocenters. The third-order valence-electron chi connectivity index (χ3n) is 1.91. The third kappa shape index (κ3) is 2.68. The second-order valence-corrected chi connectivity index (χ2v) is 3.99. The summed E-state index contributed by atoms with van der Waals surface area (Å²) in [5.74, 6) is -2.08. The van der Waals surface area contributed by atoms with Crippen molar-refractivity contribution < 1.29 is 13.6 Å². The summed E-state index contributed by atoms with van der Waals surface area (Å²) in [6, 6.07) is 2.42. The maximum absolute atomic E-state index is 13.4. The van der Waals surface area contributed by atoms with Crippen LogP contribution in [0.4, 0.5) is 14.5 Å². The van der Waals surface area contributed by atoms with Crippen LogP contribution in [-0.4, -0.2) is 11.2 Å². The van der Waals surface area contributed by atoms with Crippen molar-refractivity contribution in [3.05, 3.63) is 29.3 Å². The maximum Gasteiger partial charge on any atom is 0.237 e. The molecule has 1 amide bonds. The summed E-state index contributed by atoms with van der Waals surface area (Å²) in [6.07, 6.45) is 0. The van der Waals surface area contributed by atoms with E-state index >= 15 is 0 Å². The maximum atomic E-state index is 13.4. The van der Waals surface area contributed by atoms with Crippen molar-refractivity contribution in [3.8, 4) is 0 Å². The molecule has 0 radical (unpaired) electrons. The monoisotopic (exact) mass is 231 g/mol. The summed E-state index contributed by atoms with van der Waals surface area (Å²) in [4.78, 5) is 11.2. The molecule has 0 aliphatic rings. The molecule has 82 valence electrons. The number of benzene rings is 1. The van der Waals surface area contributed by atoms with Gasteiger partial charge in [-0.2, -0.15) is 12.6 Å². The van der Waals surface area contributed by atoms with Gasteiger partial charge in [-0.05, 0) is 25.5 Å². The number of carbonyl (C=O) groups excluding carboxylic acids is 1. The number of hydrogen-bond donors (Lipinski definition) is 2. The van der Waals surface area contributed by atoms with Crippen molar-refractivity contribution in [1.82, 2.24) is 0 Å². The molecule has 0 bridgehead atoms. The summed E-state index contributed by atoms with van der Waals surface area (Å²) < 4.78 is 26.6. The molecule has 0 heterocycles. The van der Waals surface area contributed by atoms with E-state index in [-0.39, 0.29) is 5.56 Å². The zero-order valence-corrected chi connectivity index (χ0v) is 9.24. The van der Waals surface area contributed by atoms with Crippen molar-refractivity contribution >= 4 is 24.2 Å². The number of carbonyl (C=O) groups is 1. The van der Waals surface area contributed by atoms with Crippen LogP contribution in [0, 0.1) is 18.6 Å². The summed E-state index contributed by atoms with van der Waals surface area (Å²) >= 11 is 3.86. The Kier molecular flexibility index (Phi) is 3.68. The van der Waals surface area contributed by atoms with E-state index in [1.165, 1.54) is 19.9 Å². The first-order chi connectivity index (χ1) is 6.93. The Hall–Kier alpha value is -1.10. The number of rotatable bonds is 2. The van der Waals surface area contributed by atoms with E-state index in [0.29, 0.717) is 0 Å². The fourth-order valence-electron chi connectivity index (χ4n) is 0.999. The highest BCUT2D eigenvalue weighted by molar-refractivity contribution is 7.81. The van der Waals surface area contributed by atoms with Crippen LogP contribution >= 0.6 is 12.6 Å². The van der Waals surface area contributed by atoms with Crippen molar-refractivity contribution in [3.63, 3.8) is 0 Å². The summed E-state index contributed by atoms with van der Waals surface area (Å²) in [5, 5.41) is 1.53. The van der Waals surface area contributed by atoms with Crippen LogP contribution in [0.3, 0.4) is 0 Å². The van der Waals surface area contributed by atoms with Gasteiger partial charge in [-0.25, -0.2) is 8.78 Å². The van der Waals surface area contributed by atoms with Crippen molar-refractivity contribution in [2.75, 3.05) is 5.32 Å². The smallest absolute Gasteiger partial charge is 0.237 e. The highest BCUT2D eigenvalue weighted by Crippen LogP contribution is 2.21. The van der Waals surface area contributed by atoms with E-state index in [9.17, 15) is 13.6 Å². The summed E-state index contributed by atoms with van der Waals surface area (Å²) in [5.41, 5.74) is -0.139. The predicted octanol–water partition coefficient (Wildman–Crippen LogP) is 2.53. The summed E-state index contributed by atoms with van der Waals surface area (Å²) in [7, 11) is 0. The second kappa shape index (κ2) is 4.61. The Labute approximate surface area is 92.1 Å². The lowest BCUT2D eigenvalue weighted by molar-refractivity contribution is -0.115. The van der Waals surface area contributed by atoms with Gasteiger partial charge >= 0.3 is 0 Å². The Morgan fingerprint density at radius 2 is 2.07 bits per heavy atom. The van der Waals surface area contributed by atoms with Gasteiger partial charge in [0.15, 0.2) is 5.82 Å². The number of halogens is 2. The molecule has 1 unspecified atom stereocenters. The van der Waals surface area contributed by atoms with Gasteiger partial charge in [0.05, 0.1) is 5.25 Å². The molecule has 0 fully saturated rings. The molecule has 2 nitrogen and oxygen atoms in total. The zero-order valence-electron chi connectivity index (χ0n) is 8.34. The third-order valence-corrected chi connectivity index (χ3v) is 2.15. The second-order valence-electron chi connectivity index (χ2n) is 3.22. The van der Waals surface area contributed by atoms with Crippen LogP contribution in [0.1, 0.15) is 12.5 Å². The normalized spacial score (nSPS) is 12.3. The van der Waals surface area contributed by atoms with Gasteiger partial charge in [-0.1, -0.05) is 6.07 Å². The first-order valence-electron chi connectivity index (χ1n) is 4.37. The van der Waals surface area contributed by atoms with E-state index in [2.05, 4.69) is 17.9 Å². The van der Waals surface area contributed by atoms with Crippen LogP contribution in [0.15, 0.2) is 12.1 Å². The van der Waals surface area contributed by atoms with Gasteiger partial charge in [-0.15, -0.1) is 0 Å². The Bertz CT molecular complexity index is 393. The Balaban J connectivity index is 3.04. The topological polar surface area (TPSA) is 29.1 Å². The molecule has 0 spiro atoms. The standard InChI is InChI=1S/C10H11F2NOS/c1-5-3-4-7(11)9(8(5)12)13-10(14)6(2)15/h3-4,6,15H,1-2H3,(H,13,14). The van der Waals surface area contributed by atoms with Gasteiger partial charge < -0.3 is 5.32 Å². The van der Waals surface area contributed by atoms with Crippen LogP contribution in [0.25, 0.3) is 0 Å². The van der Waals surface area contributed by atoms with E-state index in [0.717, 1.165) is 6.07 Å². The molecule has 1 aromatic carbocycles. The fourth-order valence-corrected chi connectivity index (χ4v) is 1.06. The first kappa shape index (κ1) is 12.0. The van der Waals surface area contributed by atoms with Crippen LogP contribution < -0.4 is 5.32 Å². The van der Waals surface area contributed by atoms with Crippen molar-refractivity contribution in [2.45, 2.75) is 19.1 Å². The number of anilines is 1. The number of amides is 1. The average molecular weight is 231 g/mol. The molecule has 0 saturated heterocycles. The van der Waals surface area contributed by atoms with Crippen molar-refractivity contribution in [2.24, 2.45) is 0 Å². The number of aryl methyl sites for hydroxylation is 1. The van der Waals surface area contributed by atoms with Crippen LogP contribution in [0.5, 0.6) is 0 Å². The molecule has 1 aromatic rings. The van der Waals surface area contributed by atoms with E-state index in [1.807, 2.05) is 0 Å². The molecule has 1 N–H and O–H groups in total. The van der Waals surface area contributed by atoms with Crippen LogP contribution in [-0.2, 0) is 4.79 Å². The van der Waals surface area contributed by atoms with Crippen LogP contribution in [0.2, 0.25) is 0 Å². The number of nitrogens with one attached hydrogen (secondary N) is 1. The number of hydrogen-bond acceptors (Lipinski definition) is 2. The molecule has 5 heteroatoms. The van der Waals surface area contributed by atoms with Gasteiger partial charge in [0.25, 0.3) is 0 Å². The van der Waals surface area contributed by atoms with Gasteiger partial charge in [-0.3, -0.25) is 4.79 Å². The van der Waals surface area contributed by atoms with Gasteiger partial charge in [0, 0.05) is 0 Å². The van der Waals surface area contributed by atoms with Crippen molar-refractivity contribution in [1.29, 1.82) is 0 Å².